The summed E-state index contributed by atoms with van der Waals surface area (Å²) in [5.74, 6) is -0.00291. The van der Waals surface area contributed by atoms with Gasteiger partial charge in [-0.15, -0.1) is 11.3 Å². The maximum atomic E-state index is 13.1. The minimum atomic E-state index is -0.00291. The molecule has 0 atom stereocenters. The van der Waals surface area contributed by atoms with Crippen molar-refractivity contribution in [1.82, 2.24) is 29.4 Å². The van der Waals surface area contributed by atoms with Gasteiger partial charge in [0.15, 0.2) is 5.65 Å². The molecule has 0 N–H and O–H groups in total. The predicted molar refractivity (Wildman–Crippen MR) is 112 cm³/mol. The highest BCUT2D eigenvalue weighted by atomic mass is 32.1. The minimum absolute atomic E-state index is 0.00291. The van der Waals surface area contributed by atoms with E-state index < -0.39 is 0 Å². The quantitative estimate of drug-likeness (QED) is 0.523. The first kappa shape index (κ1) is 18.0. The van der Waals surface area contributed by atoms with Gasteiger partial charge >= 0.3 is 0 Å². The molecule has 0 aliphatic carbocycles. The van der Waals surface area contributed by atoms with Crippen LogP contribution in [-0.2, 0) is 6.54 Å². The summed E-state index contributed by atoms with van der Waals surface area (Å²) < 4.78 is 1.76. The average Bonchev–Trinajstić information content (AvgIpc) is 3.45. The van der Waals surface area contributed by atoms with Crippen molar-refractivity contribution in [2.75, 3.05) is 26.2 Å². The summed E-state index contributed by atoms with van der Waals surface area (Å²) >= 11 is 1.64. The Morgan fingerprint density at radius 1 is 1.03 bits per heavy atom. The molecule has 4 aromatic heterocycles. The summed E-state index contributed by atoms with van der Waals surface area (Å²) in [6.45, 7) is 3.93. The van der Waals surface area contributed by atoms with E-state index in [2.05, 4.69) is 26.0 Å². The third kappa shape index (κ3) is 3.52. The van der Waals surface area contributed by atoms with Gasteiger partial charge in [-0.2, -0.15) is 5.10 Å². The van der Waals surface area contributed by atoms with Crippen LogP contribution >= 0.6 is 11.3 Å². The van der Waals surface area contributed by atoms with Gasteiger partial charge in [0.05, 0.1) is 16.8 Å². The summed E-state index contributed by atoms with van der Waals surface area (Å²) in [6.07, 6.45) is 7.07. The standard InChI is InChI=1S/C21H20N6OS/c28-21(26-10-8-25(9-11-26)15-16-3-1-6-22-13-16)17-14-24-27-18(5-7-23-20(17)27)19-4-2-12-29-19/h1-7,12-14H,8-11,15H2. The fourth-order valence-electron chi connectivity index (χ4n) is 3.68. The minimum Gasteiger partial charge on any atom is -0.336 e. The Morgan fingerprint density at radius 3 is 2.69 bits per heavy atom. The number of thiophene rings is 1. The molecule has 0 bridgehead atoms. The predicted octanol–water partition coefficient (Wildman–Crippen LogP) is 2.81. The van der Waals surface area contributed by atoms with E-state index in [-0.39, 0.29) is 5.91 Å². The van der Waals surface area contributed by atoms with Crippen LogP contribution in [0.3, 0.4) is 0 Å². The highest BCUT2D eigenvalue weighted by Gasteiger charge is 2.25. The summed E-state index contributed by atoms with van der Waals surface area (Å²) in [6, 6.07) is 10.0. The molecule has 1 saturated heterocycles. The molecule has 0 radical (unpaired) electrons. The smallest absolute Gasteiger partial charge is 0.259 e. The molecule has 1 aliphatic heterocycles. The highest BCUT2D eigenvalue weighted by molar-refractivity contribution is 7.13. The van der Waals surface area contributed by atoms with E-state index in [1.54, 1.807) is 34.4 Å². The van der Waals surface area contributed by atoms with Crippen LogP contribution in [0.25, 0.3) is 16.2 Å². The number of fused-ring (bicyclic) bond motifs is 1. The SMILES string of the molecule is O=C(c1cnn2c(-c3cccs3)ccnc12)N1CCN(Cc2cccnc2)CC1. The van der Waals surface area contributed by atoms with Crippen LogP contribution in [0.2, 0.25) is 0 Å². The first-order valence-electron chi connectivity index (χ1n) is 9.57. The van der Waals surface area contributed by atoms with Crippen molar-refractivity contribution in [2.45, 2.75) is 6.54 Å². The topological polar surface area (TPSA) is 66.6 Å². The largest absolute Gasteiger partial charge is 0.336 e. The monoisotopic (exact) mass is 404 g/mol. The molecule has 4 aromatic rings. The van der Waals surface area contributed by atoms with Crippen molar-refractivity contribution in [3.05, 3.63) is 71.6 Å². The van der Waals surface area contributed by atoms with Crippen molar-refractivity contribution in [3.8, 4) is 10.6 Å². The molecule has 1 amide bonds. The molecule has 1 fully saturated rings. The second kappa shape index (κ2) is 7.73. The van der Waals surface area contributed by atoms with E-state index in [1.807, 2.05) is 40.7 Å². The molecular formula is C21H20N6OS. The molecule has 7 nitrogen and oxygen atoms in total. The highest BCUT2D eigenvalue weighted by Crippen LogP contribution is 2.25. The van der Waals surface area contributed by atoms with Gasteiger partial charge < -0.3 is 4.90 Å². The van der Waals surface area contributed by atoms with E-state index >= 15 is 0 Å². The molecule has 1 aliphatic rings. The lowest BCUT2D eigenvalue weighted by Gasteiger charge is -2.34. The zero-order chi connectivity index (χ0) is 19.6. The van der Waals surface area contributed by atoms with Crippen LogP contribution < -0.4 is 0 Å². The van der Waals surface area contributed by atoms with Gasteiger partial charge in [-0.05, 0) is 29.1 Å². The van der Waals surface area contributed by atoms with Gasteiger partial charge in [-0.3, -0.25) is 14.7 Å². The van der Waals surface area contributed by atoms with E-state index in [4.69, 9.17) is 0 Å². The second-order valence-corrected chi connectivity index (χ2v) is 7.98. The first-order valence-corrected chi connectivity index (χ1v) is 10.4. The van der Waals surface area contributed by atoms with Crippen molar-refractivity contribution in [1.29, 1.82) is 0 Å². The third-order valence-electron chi connectivity index (χ3n) is 5.19. The van der Waals surface area contributed by atoms with E-state index in [0.717, 1.165) is 30.2 Å². The van der Waals surface area contributed by atoms with Crippen LogP contribution in [0, 0.1) is 0 Å². The zero-order valence-corrected chi connectivity index (χ0v) is 16.6. The van der Waals surface area contributed by atoms with Crippen LogP contribution in [0.5, 0.6) is 0 Å². The Bertz CT molecular complexity index is 1120. The van der Waals surface area contributed by atoms with Crippen LogP contribution in [0.1, 0.15) is 15.9 Å². The van der Waals surface area contributed by atoms with Crippen LogP contribution in [0.4, 0.5) is 0 Å². The zero-order valence-electron chi connectivity index (χ0n) is 15.8. The number of pyridine rings is 1. The molecule has 0 saturated carbocycles. The summed E-state index contributed by atoms with van der Waals surface area (Å²) in [5.41, 5.74) is 3.31. The Balaban J connectivity index is 1.32. The van der Waals surface area contributed by atoms with E-state index in [9.17, 15) is 4.79 Å². The number of rotatable bonds is 4. The molecular weight excluding hydrogens is 384 g/mol. The number of amides is 1. The normalized spacial score (nSPS) is 15.1. The summed E-state index contributed by atoms with van der Waals surface area (Å²) in [4.78, 5) is 27.1. The van der Waals surface area contributed by atoms with Gasteiger partial charge in [0, 0.05) is 51.3 Å². The number of piperazine rings is 1. The lowest BCUT2D eigenvalue weighted by Crippen LogP contribution is -2.48. The molecule has 0 spiro atoms. The van der Waals surface area contributed by atoms with Gasteiger partial charge in [-0.1, -0.05) is 12.1 Å². The maximum absolute atomic E-state index is 13.1. The number of carbonyl (C=O) groups is 1. The van der Waals surface area contributed by atoms with Crippen LogP contribution in [-0.4, -0.2) is 61.5 Å². The lowest BCUT2D eigenvalue weighted by atomic mass is 10.2. The molecule has 0 unspecified atom stereocenters. The Labute approximate surface area is 172 Å². The molecule has 29 heavy (non-hydrogen) atoms. The number of nitrogens with zero attached hydrogens (tertiary/aromatic N) is 6. The van der Waals surface area contributed by atoms with Crippen molar-refractivity contribution in [2.24, 2.45) is 0 Å². The first-order chi connectivity index (χ1) is 14.3. The Morgan fingerprint density at radius 2 is 1.93 bits per heavy atom. The molecule has 0 aromatic carbocycles. The van der Waals surface area contributed by atoms with E-state index in [1.165, 1.54) is 5.56 Å². The third-order valence-corrected chi connectivity index (χ3v) is 6.09. The summed E-state index contributed by atoms with van der Waals surface area (Å²) in [7, 11) is 0. The molecule has 5 rings (SSSR count). The number of hydrogen-bond donors (Lipinski definition) is 0. The maximum Gasteiger partial charge on any atom is 0.259 e. The molecule has 5 heterocycles. The van der Waals surface area contributed by atoms with Crippen molar-refractivity contribution < 1.29 is 4.79 Å². The average molecular weight is 404 g/mol. The Kier molecular flexibility index (Phi) is 4.79. The second-order valence-electron chi connectivity index (χ2n) is 7.03. The number of carbonyl (C=O) groups excluding carboxylic acids is 1. The fourth-order valence-corrected chi connectivity index (χ4v) is 4.42. The van der Waals surface area contributed by atoms with Gasteiger partial charge in [-0.25, -0.2) is 9.50 Å². The van der Waals surface area contributed by atoms with Gasteiger partial charge in [0.25, 0.3) is 5.91 Å². The lowest BCUT2D eigenvalue weighted by molar-refractivity contribution is 0.0630. The van der Waals surface area contributed by atoms with Crippen molar-refractivity contribution in [3.63, 3.8) is 0 Å². The molecule has 146 valence electrons. The van der Waals surface area contributed by atoms with Crippen LogP contribution in [0.15, 0.2) is 60.5 Å². The molecule has 8 heteroatoms. The van der Waals surface area contributed by atoms with Gasteiger partial charge in [0.1, 0.15) is 5.56 Å². The van der Waals surface area contributed by atoms with Crippen molar-refractivity contribution >= 4 is 22.9 Å². The van der Waals surface area contributed by atoms with Gasteiger partial charge in [0.2, 0.25) is 0 Å². The fraction of sp³-hybridized carbons (Fsp3) is 0.238. The number of hydrogen-bond acceptors (Lipinski definition) is 6. The van der Waals surface area contributed by atoms with E-state index in [0.29, 0.717) is 24.3 Å². The summed E-state index contributed by atoms with van der Waals surface area (Å²) in [5, 5.41) is 6.49. The Hall–Kier alpha value is -3.10. The number of aromatic nitrogens is 4.